The molecule has 96 valence electrons. The Labute approximate surface area is 101 Å². The molecule has 0 saturated heterocycles. The lowest BCUT2D eigenvalue weighted by molar-refractivity contribution is -0.156. The van der Waals surface area contributed by atoms with Crippen LogP contribution in [0.4, 0.5) is 0 Å². The zero-order valence-corrected chi connectivity index (χ0v) is 11.8. The molecule has 0 rings (SSSR count). The van der Waals surface area contributed by atoms with E-state index in [9.17, 15) is 4.79 Å². The Morgan fingerprint density at radius 3 is 2.06 bits per heavy atom. The van der Waals surface area contributed by atoms with Crippen LogP contribution < -0.4 is 0 Å². The fourth-order valence-electron chi connectivity index (χ4n) is 2.00. The van der Waals surface area contributed by atoms with Gasteiger partial charge in [0, 0.05) is 25.6 Å². The Kier molecular flexibility index (Phi) is 6.65. The van der Waals surface area contributed by atoms with Crippen molar-refractivity contribution in [3.8, 4) is 0 Å². The van der Waals surface area contributed by atoms with Crippen LogP contribution in [-0.4, -0.2) is 35.1 Å². The third-order valence-corrected chi connectivity index (χ3v) is 3.15. The highest BCUT2D eigenvalue weighted by molar-refractivity contribution is 5.75. The van der Waals surface area contributed by atoms with Crippen LogP contribution >= 0.6 is 0 Å². The summed E-state index contributed by atoms with van der Waals surface area (Å²) in [4.78, 5) is 12.0. The van der Waals surface area contributed by atoms with Gasteiger partial charge in [-0.3, -0.25) is 9.80 Å². The van der Waals surface area contributed by atoms with E-state index < -0.39 is 0 Å². The SMILES string of the molecule is CCCC(=O)N(CC)N(C)C(C)(C)CCC. The van der Waals surface area contributed by atoms with Gasteiger partial charge >= 0.3 is 0 Å². The predicted molar refractivity (Wildman–Crippen MR) is 69.0 cm³/mol. The summed E-state index contributed by atoms with van der Waals surface area (Å²) in [5.41, 5.74) is 0.0498. The topological polar surface area (TPSA) is 23.6 Å². The van der Waals surface area contributed by atoms with Crippen molar-refractivity contribution in [3.05, 3.63) is 0 Å². The zero-order valence-electron chi connectivity index (χ0n) is 11.8. The molecule has 3 nitrogen and oxygen atoms in total. The van der Waals surface area contributed by atoms with Crippen molar-refractivity contribution < 1.29 is 4.79 Å². The average Bonchev–Trinajstić information content (AvgIpc) is 2.19. The van der Waals surface area contributed by atoms with Gasteiger partial charge in [0.15, 0.2) is 0 Å². The third-order valence-electron chi connectivity index (χ3n) is 3.15. The molecule has 0 unspecified atom stereocenters. The van der Waals surface area contributed by atoms with E-state index in [-0.39, 0.29) is 11.4 Å². The summed E-state index contributed by atoms with van der Waals surface area (Å²) in [7, 11) is 2.02. The fourth-order valence-corrected chi connectivity index (χ4v) is 2.00. The molecule has 3 heteroatoms. The molecular weight excluding hydrogens is 200 g/mol. The molecule has 16 heavy (non-hydrogen) atoms. The van der Waals surface area contributed by atoms with Crippen LogP contribution in [0.25, 0.3) is 0 Å². The number of amides is 1. The minimum Gasteiger partial charge on any atom is -0.275 e. The van der Waals surface area contributed by atoms with Gasteiger partial charge in [-0.05, 0) is 33.6 Å². The van der Waals surface area contributed by atoms with Crippen LogP contribution in [0.3, 0.4) is 0 Å². The van der Waals surface area contributed by atoms with Gasteiger partial charge in [-0.2, -0.15) is 0 Å². The molecule has 0 aromatic carbocycles. The van der Waals surface area contributed by atoms with Gasteiger partial charge < -0.3 is 0 Å². The number of nitrogens with zero attached hydrogens (tertiary/aromatic N) is 2. The van der Waals surface area contributed by atoms with Gasteiger partial charge in [-0.25, -0.2) is 5.01 Å². The van der Waals surface area contributed by atoms with Crippen LogP contribution in [0, 0.1) is 0 Å². The zero-order chi connectivity index (χ0) is 12.8. The Hall–Kier alpha value is -0.570. The standard InChI is InChI=1S/C13H28N2O/c1-7-10-12(16)15(9-3)14(6)13(4,5)11-8-2/h7-11H2,1-6H3. The van der Waals surface area contributed by atoms with Crippen molar-refractivity contribution in [1.82, 2.24) is 10.0 Å². The van der Waals surface area contributed by atoms with Crippen molar-refractivity contribution in [2.75, 3.05) is 13.6 Å². The molecule has 1 amide bonds. The molecule has 0 saturated carbocycles. The second-order valence-corrected chi connectivity index (χ2v) is 4.95. The van der Waals surface area contributed by atoms with Gasteiger partial charge in [-0.1, -0.05) is 20.3 Å². The van der Waals surface area contributed by atoms with E-state index in [1.807, 2.05) is 25.9 Å². The van der Waals surface area contributed by atoms with Crippen LogP contribution in [0.5, 0.6) is 0 Å². The van der Waals surface area contributed by atoms with E-state index in [1.165, 1.54) is 0 Å². The normalized spacial score (nSPS) is 11.9. The Morgan fingerprint density at radius 1 is 1.12 bits per heavy atom. The van der Waals surface area contributed by atoms with Crippen molar-refractivity contribution in [3.63, 3.8) is 0 Å². The highest BCUT2D eigenvalue weighted by Gasteiger charge is 2.28. The highest BCUT2D eigenvalue weighted by atomic mass is 16.2. The minimum absolute atomic E-state index is 0.0498. The molecule has 0 heterocycles. The maximum Gasteiger partial charge on any atom is 0.236 e. The number of hydrazine groups is 1. The van der Waals surface area contributed by atoms with Crippen molar-refractivity contribution in [2.24, 2.45) is 0 Å². The predicted octanol–water partition coefficient (Wildman–Crippen LogP) is 3.06. The third kappa shape index (κ3) is 4.12. The van der Waals surface area contributed by atoms with Crippen molar-refractivity contribution in [2.45, 2.75) is 65.8 Å². The molecule has 0 aliphatic heterocycles. The maximum absolute atomic E-state index is 12.0. The molecule has 0 N–H and O–H groups in total. The molecule has 0 aliphatic rings. The second-order valence-electron chi connectivity index (χ2n) is 4.95. The van der Waals surface area contributed by atoms with Crippen molar-refractivity contribution in [1.29, 1.82) is 0 Å². The monoisotopic (exact) mass is 228 g/mol. The highest BCUT2D eigenvalue weighted by Crippen LogP contribution is 2.21. The largest absolute Gasteiger partial charge is 0.275 e. The fraction of sp³-hybridized carbons (Fsp3) is 0.923. The summed E-state index contributed by atoms with van der Waals surface area (Å²) in [5, 5.41) is 3.98. The smallest absolute Gasteiger partial charge is 0.236 e. The summed E-state index contributed by atoms with van der Waals surface area (Å²) in [5.74, 6) is 0.233. The number of carbonyl (C=O) groups is 1. The lowest BCUT2D eigenvalue weighted by atomic mass is 9.98. The molecule has 0 aromatic rings. The second kappa shape index (κ2) is 6.89. The summed E-state index contributed by atoms with van der Waals surface area (Å²) >= 11 is 0. The molecule has 0 radical (unpaired) electrons. The quantitative estimate of drug-likeness (QED) is 0.625. The maximum atomic E-state index is 12.0. The average molecular weight is 228 g/mol. The van der Waals surface area contributed by atoms with Gasteiger partial charge in [0.1, 0.15) is 0 Å². The number of carbonyl (C=O) groups excluding carboxylic acids is 1. The Bertz CT molecular complexity index is 214. The van der Waals surface area contributed by atoms with E-state index in [1.54, 1.807) is 0 Å². The van der Waals surface area contributed by atoms with E-state index in [0.717, 1.165) is 25.8 Å². The van der Waals surface area contributed by atoms with E-state index in [2.05, 4.69) is 25.8 Å². The van der Waals surface area contributed by atoms with Crippen LogP contribution in [0.15, 0.2) is 0 Å². The van der Waals surface area contributed by atoms with E-state index in [0.29, 0.717) is 6.42 Å². The molecule has 0 atom stereocenters. The first-order valence-electron chi connectivity index (χ1n) is 6.44. The molecule has 0 bridgehead atoms. The molecule has 0 fully saturated rings. The first-order chi connectivity index (χ1) is 7.40. The summed E-state index contributed by atoms with van der Waals surface area (Å²) in [6.07, 6.45) is 3.79. The molecular formula is C13H28N2O. The van der Waals surface area contributed by atoms with Gasteiger partial charge in [0.25, 0.3) is 0 Å². The number of rotatable bonds is 7. The summed E-state index contributed by atoms with van der Waals surface area (Å²) < 4.78 is 0. The van der Waals surface area contributed by atoms with Gasteiger partial charge in [0.2, 0.25) is 5.91 Å². The van der Waals surface area contributed by atoms with Gasteiger partial charge in [-0.15, -0.1) is 0 Å². The molecule has 0 aliphatic carbocycles. The lowest BCUT2D eigenvalue weighted by Crippen LogP contribution is -2.54. The van der Waals surface area contributed by atoms with Gasteiger partial charge in [0.05, 0.1) is 0 Å². The number of hydrogen-bond acceptors (Lipinski definition) is 2. The minimum atomic E-state index is 0.0498. The first-order valence-corrected chi connectivity index (χ1v) is 6.44. The van der Waals surface area contributed by atoms with Crippen LogP contribution in [0.2, 0.25) is 0 Å². The van der Waals surface area contributed by atoms with Crippen molar-refractivity contribution >= 4 is 5.91 Å². The first kappa shape index (κ1) is 15.4. The van der Waals surface area contributed by atoms with E-state index >= 15 is 0 Å². The molecule has 0 spiro atoms. The lowest BCUT2D eigenvalue weighted by Gasteiger charge is -2.42. The Morgan fingerprint density at radius 2 is 1.69 bits per heavy atom. The summed E-state index contributed by atoms with van der Waals surface area (Å²) in [6.45, 7) is 11.4. The number of hydrogen-bond donors (Lipinski definition) is 0. The summed E-state index contributed by atoms with van der Waals surface area (Å²) in [6, 6.07) is 0. The van der Waals surface area contributed by atoms with Crippen LogP contribution in [-0.2, 0) is 4.79 Å². The van der Waals surface area contributed by atoms with Crippen LogP contribution in [0.1, 0.15) is 60.3 Å². The molecule has 0 aromatic heterocycles. The Balaban J connectivity index is 4.63. The van der Waals surface area contributed by atoms with E-state index in [4.69, 9.17) is 0 Å².